The van der Waals surface area contributed by atoms with Crippen LogP contribution in [0, 0.1) is 0 Å². The molecule has 2 aliphatic rings. The molecule has 1 amide bonds. The Kier molecular flexibility index (Phi) is 5.79. The first kappa shape index (κ1) is 21.5. The summed E-state index contributed by atoms with van der Waals surface area (Å²) in [5, 5.41) is 0.579. The molecule has 7 nitrogen and oxygen atoms in total. The predicted molar refractivity (Wildman–Crippen MR) is 126 cm³/mol. The number of likely N-dealkylation sites (tertiary alicyclic amines) is 1. The number of aromatic nitrogens is 2. The van der Waals surface area contributed by atoms with Crippen LogP contribution in [0.15, 0.2) is 41.2 Å². The molecule has 172 valence electrons. The highest BCUT2D eigenvalue weighted by Crippen LogP contribution is 2.37. The predicted octanol–water partition coefficient (Wildman–Crippen LogP) is 4.12. The third-order valence-corrected chi connectivity index (χ3v) is 6.87. The molecule has 5 rings (SSSR count). The maximum atomic E-state index is 13.5. The van der Waals surface area contributed by atoms with Gasteiger partial charge in [0.1, 0.15) is 5.82 Å². The van der Waals surface area contributed by atoms with Gasteiger partial charge in [-0.15, -0.1) is 0 Å². The fourth-order valence-corrected chi connectivity index (χ4v) is 5.13. The second kappa shape index (κ2) is 8.89. The van der Waals surface area contributed by atoms with Gasteiger partial charge in [-0.1, -0.05) is 12.5 Å². The Balaban J connectivity index is 1.48. The van der Waals surface area contributed by atoms with Crippen LogP contribution in [0.2, 0.25) is 0 Å². The summed E-state index contributed by atoms with van der Waals surface area (Å²) >= 11 is 0. The van der Waals surface area contributed by atoms with E-state index in [0.717, 1.165) is 56.5 Å². The Morgan fingerprint density at radius 2 is 1.82 bits per heavy atom. The number of hydrogen-bond donors (Lipinski definition) is 0. The normalized spacial score (nSPS) is 18.1. The summed E-state index contributed by atoms with van der Waals surface area (Å²) in [6, 6.07) is 11.1. The van der Waals surface area contributed by atoms with E-state index in [1.165, 1.54) is 0 Å². The molecule has 1 fully saturated rings. The molecule has 0 N–H and O–H groups in total. The number of rotatable bonds is 4. The lowest BCUT2D eigenvalue weighted by molar-refractivity contribution is 0.0735. The summed E-state index contributed by atoms with van der Waals surface area (Å²) in [5.74, 6) is 2.12. The number of fused-ring (bicyclic) bond motifs is 2. The fourth-order valence-electron chi connectivity index (χ4n) is 5.13. The molecule has 0 bridgehead atoms. The summed E-state index contributed by atoms with van der Waals surface area (Å²) < 4.78 is 12.6. The molecule has 1 unspecified atom stereocenters. The molecule has 1 saturated heterocycles. The summed E-state index contributed by atoms with van der Waals surface area (Å²) in [6.45, 7) is 1.41. The molecule has 1 atom stereocenters. The van der Waals surface area contributed by atoms with Gasteiger partial charge in [-0.3, -0.25) is 14.2 Å². The van der Waals surface area contributed by atoms with Crippen molar-refractivity contribution in [2.45, 2.75) is 51.1 Å². The third-order valence-electron chi connectivity index (χ3n) is 6.87. The maximum Gasteiger partial charge on any atom is 0.261 e. The lowest BCUT2D eigenvalue weighted by atomic mass is 10.0. The topological polar surface area (TPSA) is 73.7 Å². The van der Waals surface area contributed by atoms with Gasteiger partial charge in [0.25, 0.3) is 11.5 Å². The van der Waals surface area contributed by atoms with Crippen molar-refractivity contribution < 1.29 is 14.3 Å². The first-order valence-corrected chi connectivity index (χ1v) is 11.7. The van der Waals surface area contributed by atoms with Gasteiger partial charge in [-0.25, -0.2) is 4.98 Å². The second-order valence-electron chi connectivity index (χ2n) is 8.80. The van der Waals surface area contributed by atoms with Crippen molar-refractivity contribution in [3.05, 3.63) is 63.7 Å². The Morgan fingerprint density at radius 3 is 2.64 bits per heavy atom. The first-order chi connectivity index (χ1) is 16.1. The highest BCUT2D eigenvalue weighted by atomic mass is 16.5. The van der Waals surface area contributed by atoms with E-state index < -0.39 is 0 Å². The Bertz CT molecular complexity index is 1270. The van der Waals surface area contributed by atoms with E-state index in [2.05, 4.69) is 0 Å². The van der Waals surface area contributed by atoms with E-state index in [-0.39, 0.29) is 17.5 Å². The van der Waals surface area contributed by atoms with Gasteiger partial charge in [0.2, 0.25) is 0 Å². The summed E-state index contributed by atoms with van der Waals surface area (Å²) in [7, 11) is 3.23. The van der Waals surface area contributed by atoms with E-state index in [0.29, 0.717) is 34.5 Å². The maximum absolute atomic E-state index is 13.5. The average Bonchev–Trinajstić information content (AvgIpc) is 3.22. The number of carbonyl (C=O) groups excluding carboxylic acids is 1. The van der Waals surface area contributed by atoms with Crippen LogP contribution in [0.1, 0.15) is 59.9 Å². The number of nitrogens with zero attached hydrogens (tertiary/aromatic N) is 3. The number of methoxy groups -OCH3 is 2. The molecular weight excluding hydrogens is 418 g/mol. The molecule has 0 spiro atoms. The minimum atomic E-state index is -0.0361. The monoisotopic (exact) mass is 447 g/mol. The van der Waals surface area contributed by atoms with Gasteiger partial charge < -0.3 is 14.4 Å². The van der Waals surface area contributed by atoms with E-state index in [1.54, 1.807) is 32.4 Å². The lowest BCUT2D eigenvalue weighted by Crippen LogP contribution is -2.31. The van der Waals surface area contributed by atoms with Gasteiger partial charge in [0.15, 0.2) is 11.5 Å². The average molecular weight is 448 g/mol. The van der Waals surface area contributed by atoms with Crippen molar-refractivity contribution in [1.29, 1.82) is 0 Å². The van der Waals surface area contributed by atoms with Crippen molar-refractivity contribution in [3.63, 3.8) is 0 Å². The van der Waals surface area contributed by atoms with E-state index in [4.69, 9.17) is 14.5 Å². The van der Waals surface area contributed by atoms with Crippen LogP contribution in [-0.2, 0) is 13.0 Å². The summed E-state index contributed by atoms with van der Waals surface area (Å²) in [4.78, 5) is 33.3. The van der Waals surface area contributed by atoms with Crippen LogP contribution < -0.4 is 15.0 Å². The molecule has 2 aromatic carbocycles. The van der Waals surface area contributed by atoms with Crippen molar-refractivity contribution >= 4 is 16.8 Å². The minimum Gasteiger partial charge on any atom is -0.493 e. The molecule has 0 aliphatic carbocycles. The van der Waals surface area contributed by atoms with Gasteiger partial charge in [-0.2, -0.15) is 0 Å². The summed E-state index contributed by atoms with van der Waals surface area (Å²) in [6.07, 6.45) is 5.78. The Hall–Kier alpha value is -3.35. The SMILES string of the molecule is COc1ccc(C2CCCN2C(=O)c2ccc3c(=O)n4c(nc3c2)CCCCC4)cc1OC. The van der Waals surface area contributed by atoms with Crippen LogP contribution in [0.4, 0.5) is 0 Å². The van der Waals surface area contributed by atoms with E-state index >= 15 is 0 Å². The largest absolute Gasteiger partial charge is 0.493 e. The minimum absolute atomic E-state index is 0.000255. The van der Waals surface area contributed by atoms with Crippen LogP contribution in [0.3, 0.4) is 0 Å². The fraction of sp³-hybridized carbons (Fsp3) is 0.423. The zero-order chi connectivity index (χ0) is 22.9. The van der Waals surface area contributed by atoms with Gasteiger partial charge in [0.05, 0.1) is 31.2 Å². The number of hydrogen-bond acceptors (Lipinski definition) is 5. The van der Waals surface area contributed by atoms with Crippen LogP contribution in [0.5, 0.6) is 11.5 Å². The standard InChI is InChI=1S/C26H29N3O4/c1-32-22-12-10-17(16-23(22)33-2)21-7-6-14-28(21)25(30)18-9-11-19-20(15-18)27-24-8-4-3-5-13-29(24)26(19)31/h9-12,15-16,21H,3-8,13-14H2,1-2H3. The highest BCUT2D eigenvalue weighted by molar-refractivity contribution is 5.98. The molecule has 33 heavy (non-hydrogen) atoms. The lowest BCUT2D eigenvalue weighted by Gasteiger charge is -2.26. The second-order valence-corrected chi connectivity index (χ2v) is 8.80. The Labute approximate surface area is 192 Å². The van der Waals surface area contributed by atoms with E-state index in [9.17, 15) is 9.59 Å². The molecular formula is C26H29N3O4. The van der Waals surface area contributed by atoms with Crippen molar-refractivity contribution in [3.8, 4) is 11.5 Å². The molecule has 0 saturated carbocycles. The van der Waals surface area contributed by atoms with Crippen molar-refractivity contribution in [2.75, 3.05) is 20.8 Å². The smallest absolute Gasteiger partial charge is 0.261 e. The first-order valence-electron chi connectivity index (χ1n) is 11.7. The third kappa shape index (κ3) is 3.86. The number of amides is 1. The van der Waals surface area contributed by atoms with Crippen LogP contribution in [-0.4, -0.2) is 41.1 Å². The van der Waals surface area contributed by atoms with Gasteiger partial charge >= 0.3 is 0 Å². The van der Waals surface area contributed by atoms with Crippen molar-refractivity contribution in [2.24, 2.45) is 0 Å². The zero-order valence-electron chi connectivity index (χ0n) is 19.2. The number of ether oxygens (including phenoxy) is 2. The number of carbonyl (C=O) groups is 1. The van der Waals surface area contributed by atoms with Crippen LogP contribution in [0.25, 0.3) is 10.9 Å². The quantitative estimate of drug-likeness (QED) is 0.602. The van der Waals surface area contributed by atoms with E-state index in [1.807, 2.05) is 27.7 Å². The van der Waals surface area contributed by atoms with Crippen molar-refractivity contribution in [1.82, 2.24) is 14.5 Å². The Morgan fingerprint density at radius 1 is 0.970 bits per heavy atom. The van der Waals surface area contributed by atoms with Crippen LogP contribution >= 0.6 is 0 Å². The molecule has 3 aromatic rings. The number of aryl methyl sites for hydroxylation is 1. The van der Waals surface area contributed by atoms with Gasteiger partial charge in [0, 0.05) is 25.1 Å². The van der Waals surface area contributed by atoms with Gasteiger partial charge in [-0.05, 0) is 61.6 Å². The molecule has 7 heteroatoms. The highest BCUT2D eigenvalue weighted by Gasteiger charge is 2.31. The summed E-state index contributed by atoms with van der Waals surface area (Å²) in [5.41, 5.74) is 2.21. The number of benzene rings is 2. The zero-order valence-corrected chi connectivity index (χ0v) is 19.2. The molecule has 0 radical (unpaired) electrons. The molecule has 2 aliphatic heterocycles. The molecule has 1 aromatic heterocycles. The molecule has 3 heterocycles.